The Morgan fingerprint density at radius 2 is 2.11 bits per heavy atom. The molecule has 0 unspecified atom stereocenters. The molecule has 1 aromatic rings. The third kappa shape index (κ3) is 4.21. The average molecular weight is 267 g/mol. The summed E-state index contributed by atoms with van der Waals surface area (Å²) in [6, 6.07) is 4.19. The van der Waals surface area contributed by atoms with Crippen LogP contribution in [0.4, 0.5) is 4.39 Å². The van der Waals surface area contributed by atoms with Crippen LogP contribution in [0.25, 0.3) is 0 Å². The van der Waals surface area contributed by atoms with Crippen molar-refractivity contribution in [1.82, 2.24) is 5.32 Å². The van der Waals surface area contributed by atoms with Crippen molar-refractivity contribution < 1.29 is 19.0 Å². The van der Waals surface area contributed by atoms with Gasteiger partial charge in [-0.25, -0.2) is 4.39 Å². The summed E-state index contributed by atoms with van der Waals surface area (Å²) in [7, 11) is 0. The molecule has 1 aliphatic rings. The van der Waals surface area contributed by atoms with Crippen molar-refractivity contribution >= 4 is 5.91 Å². The van der Waals surface area contributed by atoms with Crippen LogP contribution in [0.15, 0.2) is 18.2 Å². The van der Waals surface area contributed by atoms with Crippen LogP contribution in [0.5, 0.6) is 5.75 Å². The average Bonchev–Trinajstić information content (AvgIpc) is 2.88. The zero-order chi connectivity index (χ0) is 13.7. The molecule has 104 valence electrons. The molecule has 0 radical (unpaired) electrons. The summed E-state index contributed by atoms with van der Waals surface area (Å²) < 4.78 is 18.4. The van der Waals surface area contributed by atoms with Gasteiger partial charge in [-0.1, -0.05) is 12.8 Å². The number of aliphatic hydroxyl groups is 1. The quantitative estimate of drug-likeness (QED) is 0.854. The van der Waals surface area contributed by atoms with Crippen molar-refractivity contribution in [2.45, 2.75) is 38.3 Å². The standard InChI is InChI=1S/C14H18FNO3/c15-11-5-10(8-17)6-13(7-11)19-9-14(18)16-12-3-1-2-4-12/h5-7,12,17H,1-4,8-9H2,(H,16,18). The Hall–Kier alpha value is -1.62. The highest BCUT2D eigenvalue weighted by atomic mass is 19.1. The Kier molecular flexibility index (Phi) is 4.74. The summed E-state index contributed by atoms with van der Waals surface area (Å²) in [6.45, 7) is -0.396. The van der Waals surface area contributed by atoms with E-state index < -0.39 is 5.82 Å². The predicted molar refractivity (Wildman–Crippen MR) is 68.2 cm³/mol. The van der Waals surface area contributed by atoms with Gasteiger partial charge >= 0.3 is 0 Å². The molecule has 2 N–H and O–H groups in total. The van der Waals surface area contributed by atoms with Crippen LogP contribution in [0.2, 0.25) is 0 Å². The van der Waals surface area contributed by atoms with Gasteiger partial charge in [-0.05, 0) is 30.5 Å². The van der Waals surface area contributed by atoms with Gasteiger partial charge in [0.05, 0.1) is 6.61 Å². The van der Waals surface area contributed by atoms with E-state index in [0.29, 0.717) is 5.56 Å². The fourth-order valence-corrected chi connectivity index (χ4v) is 2.28. The third-order valence-electron chi connectivity index (χ3n) is 3.20. The molecule has 2 rings (SSSR count). The SMILES string of the molecule is O=C(COc1cc(F)cc(CO)c1)NC1CCCC1. The number of benzene rings is 1. The number of nitrogens with one attached hydrogen (secondary N) is 1. The maximum absolute atomic E-state index is 13.2. The summed E-state index contributed by atoms with van der Waals surface area (Å²) in [5.74, 6) is -0.426. The zero-order valence-corrected chi connectivity index (χ0v) is 10.7. The highest BCUT2D eigenvalue weighted by Gasteiger charge is 2.17. The number of hydrogen-bond acceptors (Lipinski definition) is 3. The number of carbonyl (C=O) groups excluding carboxylic acids is 1. The second kappa shape index (κ2) is 6.52. The first-order valence-corrected chi connectivity index (χ1v) is 6.50. The van der Waals surface area contributed by atoms with Gasteiger partial charge in [0, 0.05) is 12.1 Å². The highest BCUT2D eigenvalue weighted by molar-refractivity contribution is 5.77. The number of ether oxygens (including phenoxy) is 1. The molecule has 0 heterocycles. The molecule has 0 aromatic heterocycles. The van der Waals surface area contributed by atoms with Gasteiger partial charge in [-0.15, -0.1) is 0 Å². The fourth-order valence-electron chi connectivity index (χ4n) is 2.28. The smallest absolute Gasteiger partial charge is 0.258 e. The van der Waals surface area contributed by atoms with E-state index in [0.717, 1.165) is 25.7 Å². The Morgan fingerprint density at radius 3 is 2.79 bits per heavy atom. The summed E-state index contributed by atoms with van der Waals surface area (Å²) >= 11 is 0. The Balaban J connectivity index is 1.83. The normalized spacial score (nSPS) is 15.5. The summed E-state index contributed by atoms with van der Waals surface area (Å²) in [4.78, 5) is 11.6. The lowest BCUT2D eigenvalue weighted by Gasteiger charge is -2.12. The van der Waals surface area contributed by atoms with E-state index in [1.165, 1.54) is 18.2 Å². The molecule has 0 aliphatic heterocycles. The second-order valence-electron chi connectivity index (χ2n) is 4.79. The van der Waals surface area contributed by atoms with E-state index in [2.05, 4.69) is 5.32 Å². The van der Waals surface area contributed by atoms with Crippen molar-refractivity contribution in [3.05, 3.63) is 29.6 Å². The van der Waals surface area contributed by atoms with Crippen LogP contribution in [0.1, 0.15) is 31.2 Å². The molecule has 1 aromatic carbocycles. The number of carbonyl (C=O) groups is 1. The van der Waals surface area contributed by atoms with Crippen molar-refractivity contribution in [3.63, 3.8) is 0 Å². The largest absolute Gasteiger partial charge is 0.484 e. The maximum Gasteiger partial charge on any atom is 0.258 e. The highest BCUT2D eigenvalue weighted by Crippen LogP contribution is 2.18. The molecule has 0 spiro atoms. The number of rotatable bonds is 5. The molecule has 1 saturated carbocycles. The molecule has 1 fully saturated rings. The predicted octanol–water partition coefficient (Wildman–Crippen LogP) is 1.76. The topological polar surface area (TPSA) is 58.6 Å². The van der Waals surface area contributed by atoms with E-state index in [1.54, 1.807) is 0 Å². The van der Waals surface area contributed by atoms with Crippen molar-refractivity contribution in [1.29, 1.82) is 0 Å². The van der Waals surface area contributed by atoms with E-state index in [-0.39, 0.29) is 30.9 Å². The van der Waals surface area contributed by atoms with Gasteiger partial charge in [0.2, 0.25) is 0 Å². The van der Waals surface area contributed by atoms with Crippen LogP contribution >= 0.6 is 0 Å². The molecule has 1 amide bonds. The molecular formula is C14H18FNO3. The summed E-state index contributed by atoms with van der Waals surface area (Å²) in [5.41, 5.74) is 0.422. The number of hydrogen-bond donors (Lipinski definition) is 2. The third-order valence-corrected chi connectivity index (χ3v) is 3.20. The van der Waals surface area contributed by atoms with Gasteiger partial charge in [-0.3, -0.25) is 4.79 Å². The van der Waals surface area contributed by atoms with Gasteiger partial charge in [0.15, 0.2) is 6.61 Å². The van der Waals surface area contributed by atoms with E-state index >= 15 is 0 Å². The van der Waals surface area contributed by atoms with Crippen LogP contribution < -0.4 is 10.1 Å². The summed E-state index contributed by atoms with van der Waals surface area (Å²) in [6.07, 6.45) is 4.33. The molecule has 0 bridgehead atoms. The molecule has 0 atom stereocenters. The van der Waals surface area contributed by atoms with E-state index in [1.807, 2.05) is 0 Å². The molecule has 1 aliphatic carbocycles. The first-order valence-electron chi connectivity index (χ1n) is 6.50. The maximum atomic E-state index is 13.2. The van der Waals surface area contributed by atoms with Gasteiger partial charge in [-0.2, -0.15) is 0 Å². The number of halogens is 1. The fraction of sp³-hybridized carbons (Fsp3) is 0.500. The van der Waals surface area contributed by atoms with E-state index in [9.17, 15) is 9.18 Å². The van der Waals surface area contributed by atoms with Gasteiger partial charge < -0.3 is 15.2 Å². The monoisotopic (exact) mass is 267 g/mol. The van der Waals surface area contributed by atoms with Crippen molar-refractivity contribution in [2.75, 3.05) is 6.61 Å². The molecular weight excluding hydrogens is 249 g/mol. The molecule has 0 saturated heterocycles. The molecule has 19 heavy (non-hydrogen) atoms. The lowest BCUT2D eigenvalue weighted by molar-refractivity contribution is -0.123. The van der Waals surface area contributed by atoms with Crippen LogP contribution in [0.3, 0.4) is 0 Å². The number of aliphatic hydroxyl groups excluding tert-OH is 1. The molecule has 4 nitrogen and oxygen atoms in total. The molecule has 5 heteroatoms. The lowest BCUT2D eigenvalue weighted by Crippen LogP contribution is -2.36. The Labute approximate surface area is 111 Å². The number of amides is 1. The minimum Gasteiger partial charge on any atom is -0.484 e. The van der Waals surface area contributed by atoms with Gasteiger partial charge in [0.25, 0.3) is 5.91 Å². The minimum absolute atomic E-state index is 0.134. The van der Waals surface area contributed by atoms with Gasteiger partial charge in [0.1, 0.15) is 11.6 Å². The van der Waals surface area contributed by atoms with Crippen LogP contribution in [-0.4, -0.2) is 23.7 Å². The Morgan fingerprint density at radius 1 is 1.37 bits per heavy atom. The van der Waals surface area contributed by atoms with Crippen molar-refractivity contribution in [3.8, 4) is 5.75 Å². The van der Waals surface area contributed by atoms with Crippen LogP contribution in [-0.2, 0) is 11.4 Å². The summed E-state index contributed by atoms with van der Waals surface area (Å²) in [5, 5.41) is 11.8. The Bertz CT molecular complexity index is 444. The first kappa shape index (κ1) is 13.8. The zero-order valence-electron chi connectivity index (χ0n) is 10.7. The van der Waals surface area contributed by atoms with Crippen LogP contribution in [0, 0.1) is 5.82 Å². The van der Waals surface area contributed by atoms with E-state index in [4.69, 9.17) is 9.84 Å². The minimum atomic E-state index is -0.488. The lowest BCUT2D eigenvalue weighted by atomic mass is 10.2. The first-order chi connectivity index (χ1) is 9.17. The van der Waals surface area contributed by atoms with Crippen molar-refractivity contribution in [2.24, 2.45) is 0 Å². The second-order valence-corrected chi connectivity index (χ2v) is 4.79.